The van der Waals surface area contributed by atoms with Gasteiger partial charge in [-0.3, -0.25) is 9.59 Å². The summed E-state index contributed by atoms with van der Waals surface area (Å²) < 4.78 is 86.8. The van der Waals surface area contributed by atoms with E-state index in [4.69, 9.17) is 39.5 Å². The van der Waals surface area contributed by atoms with Crippen LogP contribution in [-0.4, -0.2) is 39.0 Å². The maximum absolute atomic E-state index is 15.5. The minimum atomic E-state index is -4.89. The monoisotopic (exact) mass is 739 g/mol. The van der Waals surface area contributed by atoms with Crippen LogP contribution >= 0.6 is 34.8 Å². The van der Waals surface area contributed by atoms with Crippen molar-refractivity contribution in [1.82, 2.24) is 0 Å². The molecule has 4 amide bonds. The Bertz CT molecular complexity index is 1830. The predicted molar refractivity (Wildman–Crippen MR) is 163 cm³/mol. The molecule has 0 saturated heterocycles. The number of ether oxygens (including phenoxy) is 1. The van der Waals surface area contributed by atoms with Crippen molar-refractivity contribution in [1.29, 1.82) is 0 Å². The fraction of sp³-hybridized carbons (Fsp3) is 0.267. The SMILES string of the molecule is CC(C)(C)OC(=O)N(C(=O)O)c1c(F)ccc(NC(=O)c2cc(NC(=O)[C@H]3[C@H](c4cc(F)cc(C(F)(F)F)c4)C3(Cl)Cl)ccc2Cl)c1F. The van der Waals surface area contributed by atoms with Crippen molar-refractivity contribution in [3.8, 4) is 0 Å². The van der Waals surface area contributed by atoms with Crippen molar-refractivity contribution in [2.75, 3.05) is 15.5 Å². The molecule has 2 atom stereocenters. The van der Waals surface area contributed by atoms with Gasteiger partial charge in [0.1, 0.15) is 21.4 Å². The van der Waals surface area contributed by atoms with Crippen LogP contribution in [0.4, 0.5) is 53.0 Å². The Kier molecular flexibility index (Phi) is 9.93. The van der Waals surface area contributed by atoms with Crippen LogP contribution in [0.2, 0.25) is 5.02 Å². The lowest BCUT2D eigenvalue weighted by Crippen LogP contribution is -2.41. The first-order valence-electron chi connectivity index (χ1n) is 13.4. The second-order valence-electron chi connectivity index (χ2n) is 11.4. The summed E-state index contributed by atoms with van der Waals surface area (Å²) in [4.78, 5) is 50.1. The van der Waals surface area contributed by atoms with Gasteiger partial charge in [-0.05, 0) is 74.9 Å². The number of nitrogens with one attached hydrogen (secondary N) is 2. The summed E-state index contributed by atoms with van der Waals surface area (Å²) in [5.74, 6) is -9.03. The van der Waals surface area contributed by atoms with Crippen molar-refractivity contribution in [2.24, 2.45) is 5.92 Å². The van der Waals surface area contributed by atoms with E-state index in [1.807, 2.05) is 0 Å². The lowest BCUT2D eigenvalue weighted by Gasteiger charge is -2.25. The van der Waals surface area contributed by atoms with Gasteiger partial charge in [0.2, 0.25) is 5.91 Å². The van der Waals surface area contributed by atoms with Crippen molar-refractivity contribution >= 4 is 75.9 Å². The summed E-state index contributed by atoms with van der Waals surface area (Å²) in [5, 5.41) is 13.7. The Labute approximate surface area is 282 Å². The van der Waals surface area contributed by atoms with Crippen LogP contribution in [0.15, 0.2) is 48.5 Å². The molecule has 1 aliphatic rings. The lowest BCUT2D eigenvalue weighted by atomic mass is 10.0. The molecule has 18 heteroatoms. The molecular weight excluding hydrogens is 719 g/mol. The number of imide groups is 1. The van der Waals surface area contributed by atoms with Crippen LogP contribution in [0.3, 0.4) is 0 Å². The molecule has 3 aromatic carbocycles. The minimum absolute atomic E-state index is 0.109. The van der Waals surface area contributed by atoms with E-state index >= 15 is 4.39 Å². The first kappa shape index (κ1) is 36.6. The Morgan fingerprint density at radius 1 is 0.938 bits per heavy atom. The van der Waals surface area contributed by atoms with Gasteiger partial charge in [0.15, 0.2) is 11.6 Å². The number of benzene rings is 3. The summed E-state index contributed by atoms with van der Waals surface area (Å²) in [5.41, 5.74) is -5.48. The zero-order valence-corrected chi connectivity index (χ0v) is 26.9. The molecule has 48 heavy (non-hydrogen) atoms. The van der Waals surface area contributed by atoms with Gasteiger partial charge < -0.3 is 20.5 Å². The van der Waals surface area contributed by atoms with Crippen LogP contribution in [0.1, 0.15) is 48.2 Å². The van der Waals surface area contributed by atoms with Crippen LogP contribution in [0, 0.1) is 23.4 Å². The van der Waals surface area contributed by atoms with E-state index in [-0.39, 0.29) is 27.2 Å². The summed E-state index contributed by atoms with van der Waals surface area (Å²) in [6, 6.07) is 6.37. The third-order valence-electron chi connectivity index (χ3n) is 6.73. The van der Waals surface area contributed by atoms with Crippen LogP contribution < -0.4 is 15.5 Å². The zero-order valence-electron chi connectivity index (χ0n) is 24.6. The van der Waals surface area contributed by atoms with Gasteiger partial charge in [-0.25, -0.2) is 22.8 Å². The summed E-state index contributed by atoms with van der Waals surface area (Å²) in [6.45, 7) is 4.16. The molecule has 0 spiro atoms. The largest absolute Gasteiger partial charge is 0.464 e. The van der Waals surface area contributed by atoms with Crippen LogP contribution in [0.5, 0.6) is 0 Å². The summed E-state index contributed by atoms with van der Waals surface area (Å²) in [7, 11) is 0. The normalized spacial score (nSPS) is 16.9. The number of carboxylic acid groups (broad SMARTS) is 1. The van der Waals surface area contributed by atoms with E-state index in [0.29, 0.717) is 12.1 Å². The van der Waals surface area contributed by atoms with Gasteiger partial charge in [-0.1, -0.05) is 11.6 Å². The highest BCUT2D eigenvalue weighted by molar-refractivity contribution is 6.53. The number of hydrogen-bond donors (Lipinski definition) is 3. The average molecular weight is 741 g/mol. The van der Waals surface area contributed by atoms with E-state index in [1.54, 1.807) is 0 Å². The van der Waals surface area contributed by atoms with Gasteiger partial charge in [-0.15, -0.1) is 23.2 Å². The Hall–Kier alpha value is -4.21. The molecule has 0 bridgehead atoms. The van der Waals surface area contributed by atoms with Crippen LogP contribution in [-0.2, 0) is 15.7 Å². The second-order valence-corrected chi connectivity index (χ2v) is 13.2. The molecular formula is C30H22Cl3F6N3O6. The van der Waals surface area contributed by atoms with E-state index in [0.717, 1.165) is 24.3 Å². The number of carbonyl (C=O) groups is 4. The van der Waals surface area contributed by atoms with Crippen molar-refractivity contribution < 1.29 is 55.4 Å². The third kappa shape index (κ3) is 7.74. The number of anilines is 3. The fourth-order valence-electron chi connectivity index (χ4n) is 4.63. The molecule has 1 saturated carbocycles. The van der Waals surface area contributed by atoms with E-state index < -0.39 is 91.9 Å². The highest BCUT2D eigenvalue weighted by Gasteiger charge is 2.67. The third-order valence-corrected chi connectivity index (χ3v) is 8.00. The van der Waals surface area contributed by atoms with Crippen molar-refractivity contribution in [2.45, 2.75) is 42.8 Å². The number of nitrogens with zero attached hydrogens (tertiary/aromatic N) is 1. The molecule has 1 aliphatic carbocycles. The number of rotatable bonds is 6. The Balaban J connectivity index is 1.57. The second kappa shape index (κ2) is 13.0. The van der Waals surface area contributed by atoms with Gasteiger partial charge in [-0.2, -0.15) is 18.1 Å². The van der Waals surface area contributed by atoms with Crippen molar-refractivity contribution in [3.05, 3.63) is 87.7 Å². The highest BCUT2D eigenvalue weighted by atomic mass is 35.5. The Morgan fingerprint density at radius 3 is 2.17 bits per heavy atom. The fourth-order valence-corrected chi connectivity index (χ4v) is 5.66. The minimum Gasteiger partial charge on any atom is -0.464 e. The quantitative estimate of drug-likeness (QED) is 0.171. The number of amides is 4. The van der Waals surface area contributed by atoms with Gasteiger partial charge in [0, 0.05) is 11.6 Å². The Morgan fingerprint density at radius 2 is 1.58 bits per heavy atom. The molecule has 3 aromatic rings. The molecule has 0 radical (unpaired) electrons. The van der Waals surface area contributed by atoms with Crippen molar-refractivity contribution in [3.63, 3.8) is 0 Å². The number of carbonyl (C=O) groups excluding carboxylic acids is 3. The molecule has 4 rings (SSSR count). The molecule has 0 unspecified atom stereocenters. The van der Waals surface area contributed by atoms with Gasteiger partial charge >= 0.3 is 18.4 Å². The van der Waals surface area contributed by atoms with Crippen LogP contribution in [0.25, 0.3) is 0 Å². The smallest absolute Gasteiger partial charge is 0.424 e. The average Bonchev–Trinajstić information content (AvgIpc) is 3.53. The molecule has 0 aromatic heterocycles. The number of halogens is 9. The zero-order chi connectivity index (χ0) is 36.1. The molecule has 9 nitrogen and oxygen atoms in total. The molecule has 256 valence electrons. The summed E-state index contributed by atoms with van der Waals surface area (Å²) >= 11 is 18.5. The molecule has 0 aliphatic heterocycles. The maximum atomic E-state index is 15.5. The standard InChI is InChI=1S/C30H22Cl3F6N3O6/c1-28(2,3)48-27(47)42(26(45)46)23-18(35)6-7-19(22(23)36)41-24(43)16-11-15(4-5-17(16)31)40-25(44)21-20(29(21,32)33)12-8-13(30(37,38)39)10-14(34)9-12/h4-11,20-21H,1-3H3,(H,40,44)(H,41,43)(H,45,46)/t20-,21+/m0/s1. The van der Waals surface area contributed by atoms with E-state index in [1.165, 1.54) is 26.8 Å². The van der Waals surface area contributed by atoms with Gasteiger partial charge in [0.25, 0.3) is 5.91 Å². The summed E-state index contributed by atoms with van der Waals surface area (Å²) in [6.07, 6.45) is -8.61. The number of alkyl halides is 5. The van der Waals surface area contributed by atoms with E-state index in [9.17, 15) is 46.2 Å². The maximum Gasteiger partial charge on any atom is 0.424 e. The van der Waals surface area contributed by atoms with E-state index in [2.05, 4.69) is 10.6 Å². The lowest BCUT2D eigenvalue weighted by molar-refractivity contribution is -0.137. The van der Waals surface area contributed by atoms with Gasteiger partial charge in [0.05, 0.1) is 27.8 Å². The molecule has 0 heterocycles. The highest BCUT2D eigenvalue weighted by Crippen LogP contribution is 2.65. The predicted octanol–water partition coefficient (Wildman–Crippen LogP) is 8.97. The topological polar surface area (TPSA) is 125 Å². The first-order chi connectivity index (χ1) is 22.0. The molecule has 1 fully saturated rings. The first-order valence-corrected chi connectivity index (χ1v) is 14.6. The number of hydrogen-bond acceptors (Lipinski definition) is 5. The molecule has 3 N–H and O–H groups in total.